The first-order valence-corrected chi connectivity index (χ1v) is 15.7. The van der Waals surface area contributed by atoms with E-state index in [9.17, 15) is 22.4 Å². The number of alkyl halides is 3. The minimum Gasteiger partial charge on any atom is -0.351 e. The molecule has 4 nitrogen and oxygen atoms in total. The number of fused-ring (bicyclic) bond motifs is 2. The number of piperidine rings is 1. The van der Waals surface area contributed by atoms with Crippen molar-refractivity contribution < 1.29 is 22.4 Å². The van der Waals surface area contributed by atoms with E-state index in [0.29, 0.717) is 42.7 Å². The number of hydrogen-bond acceptors (Lipinski definition) is 3. The number of amides is 1. The molecule has 0 saturated carbocycles. The highest BCUT2D eigenvalue weighted by molar-refractivity contribution is 7.45. The Morgan fingerprint density at radius 3 is 2.51 bits per heavy atom. The number of rotatable bonds is 7. The molecule has 0 aliphatic carbocycles. The lowest BCUT2D eigenvalue weighted by Crippen LogP contribution is -2.44. The van der Waals surface area contributed by atoms with Crippen LogP contribution in [-0.4, -0.2) is 37.5 Å². The smallest absolute Gasteiger partial charge is 0.351 e. The van der Waals surface area contributed by atoms with Crippen molar-refractivity contribution in [1.29, 1.82) is 0 Å². The highest BCUT2D eigenvalue weighted by atomic mass is 35.5. The molecule has 2 heterocycles. The summed E-state index contributed by atoms with van der Waals surface area (Å²) in [7, 11) is 2.42. The van der Waals surface area contributed by atoms with Crippen LogP contribution in [0, 0.1) is 5.82 Å². The van der Waals surface area contributed by atoms with Crippen molar-refractivity contribution in [1.82, 2.24) is 10.2 Å². The van der Waals surface area contributed by atoms with Gasteiger partial charge >= 0.3 is 6.18 Å². The molecule has 5 rings (SSSR count). The fourth-order valence-electron chi connectivity index (χ4n) is 5.97. The van der Waals surface area contributed by atoms with Gasteiger partial charge < -0.3 is 15.1 Å². The van der Waals surface area contributed by atoms with Gasteiger partial charge in [0.25, 0.3) is 0 Å². The minimum absolute atomic E-state index is 0.0396. The van der Waals surface area contributed by atoms with Gasteiger partial charge in [-0.1, -0.05) is 56.6 Å². The SMILES string of the molecule is C=C1PC2(CCN(CCC(C(=O)NCc3cccc(C(F)(F)F)c3)c3ccc(Cl)c(Cl)c3)CC2)c2cc(F)ccc2N1C. The summed E-state index contributed by atoms with van der Waals surface area (Å²) in [6.45, 7) is 6.42. The summed E-state index contributed by atoms with van der Waals surface area (Å²) < 4.78 is 53.8. The molecular weight excluding hydrogens is 620 g/mol. The number of anilines is 1. The van der Waals surface area contributed by atoms with Crippen LogP contribution in [-0.2, 0) is 22.7 Å². The van der Waals surface area contributed by atoms with E-state index in [4.69, 9.17) is 23.2 Å². The number of hydrogen-bond donors (Lipinski definition) is 1. The van der Waals surface area contributed by atoms with E-state index in [1.54, 1.807) is 30.3 Å². The lowest BCUT2D eigenvalue weighted by molar-refractivity contribution is -0.137. The number of benzene rings is 3. The first-order valence-electron chi connectivity index (χ1n) is 14.0. The van der Waals surface area contributed by atoms with Crippen molar-refractivity contribution in [3.8, 4) is 0 Å². The van der Waals surface area contributed by atoms with Crippen LogP contribution in [0.5, 0.6) is 0 Å². The number of carbonyl (C=O) groups excluding carboxylic acids is 1. The summed E-state index contributed by atoms with van der Waals surface area (Å²) >= 11 is 12.4. The van der Waals surface area contributed by atoms with Crippen molar-refractivity contribution in [3.05, 3.63) is 111 Å². The molecule has 2 unspecified atom stereocenters. The van der Waals surface area contributed by atoms with Gasteiger partial charge in [-0.25, -0.2) is 4.39 Å². The molecule has 43 heavy (non-hydrogen) atoms. The maximum absolute atomic E-state index is 14.3. The fourth-order valence-corrected chi connectivity index (χ4v) is 7.93. The van der Waals surface area contributed by atoms with Gasteiger partial charge in [0.05, 0.1) is 21.5 Å². The third kappa shape index (κ3) is 7.04. The first-order chi connectivity index (χ1) is 20.4. The van der Waals surface area contributed by atoms with Crippen LogP contribution in [0.2, 0.25) is 10.0 Å². The lowest BCUT2D eigenvalue weighted by Gasteiger charge is -2.48. The van der Waals surface area contributed by atoms with Crippen molar-refractivity contribution in [2.75, 3.05) is 31.6 Å². The molecular formula is C32H32Cl2F4N3OP. The Balaban J connectivity index is 1.28. The number of halogens is 6. The molecule has 228 valence electrons. The van der Waals surface area contributed by atoms with Crippen LogP contribution in [0.4, 0.5) is 23.2 Å². The number of carbonyl (C=O) groups is 1. The maximum Gasteiger partial charge on any atom is 0.416 e. The predicted octanol–water partition coefficient (Wildman–Crippen LogP) is 8.53. The van der Waals surface area contributed by atoms with E-state index < -0.39 is 17.7 Å². The van der Waals surface area contributed by atoms with E-state index in [0.717, 1.165) is 54.8 Å². The molecule has 3 aromatic carbocycles. The zero-order chi connectivity index (χ0) is 30.9. The molecule has 0 radical (unpaired) electrons. The summed E-state index contributed by atoms with van der Waals surface area (Å²) in [5, 5.41) is 3.35. The highest BCUT2D eigenvalue weighted by Gasteiger charge is 2.42. The Bertz CT molecular complexity index is 1520. The molecule has 2 aliphatic heterocycles. The Kier molecular flexibility index (Phi) is 9.43. The lowest BCUT2D eigenvalue weighted by atomic mass is 9.86. The number of nitrogens with one attached hydrogen (secondary N) is 1. The standard InChI is InChI=1S/C32H32Cl2F4N3OP/c1-20-40(2)29-9-7-24(35)18-26(29)31(43-20)11-14-41(15-12-31)13-10-25(22-6-8-27(33)28(34)17-22)30(42)39-19-21-4-3-5-23(16-21)32(36,37)38/h3-9,16-18,25,43H,1,10-15,19H2,2H3,(H,39,42). The van der Waals surface area contributed by atoms with E-state index in [1.165, 1.54) is 12.1 Å². The first kappa shape index (κ1) is 31.8. The van der Waals surface area contributed by atoms with Crippen molar-refractivity contribution in [2.45, 2.75) is 43.1 Å². The van der Waals surface area contributed by atoms with E-state index in [-0.39, 0.29) is 23.4 Å². The Labute approximate surface area is 260 Å². The zero-order valence-electron chi connectivity index (χ0n) is 23.6. The van der Waals surface area contributed by atoms with E-state index >= 15 is 0 Å². The number of likely N-dealkylation sites (tertiary alicyclic amines) is 1. The summed E-state index contributed by atoms with van der Waals surface area (Å²) in [6.07, 6.45) is -2.31. The zero-order valence-corrected chi connectivity index (χ0v) is 26.1. The monoisotopic (exact) mass is 651 g/mol. The molecule has 0 aromatic heterocycles. The molecule has 1 amide bonds. The summed E-state index contributed by atoms with van der Waals surface area (Å²) in [5.74, 6) is -1.13. The molecule has 2 atom stereocenters. The van der Waals surface area contributed by atoms with Gasteiger partial charge in [-0.2, -0.15) is 13.2 Å². The van der Waals surface area contributed by atoms with Gasteiger partial charge in [0, 0.05) is 29.9 Å². The molecule has 1 saturated heterocycles. The third-order valence-corrected chi connectivity index (χ3v) is 11.1. The van der Waals surface area contributed by atoms with Crippen LogP contribution in [0.25, 0.3) is 0 Å². The van der Waals surface area contributed by atoms with Gasteiger partial charge in [-0.05, 0) is 98.1 Å². The van der Waals surface area contributed by atoms with Crippen LogP contribution >= 0.6 is 31.8 Å². The van der Waals surface area contributed by atoms with Gasteiger partial charge in [0.1, 0.15) is 5.82 Å². The Morgan fingerprint density at radius 2 is 1.81 bits per heavy atom. The van der Waals surface area contributed by atoms with Crippen LogP contribution in [0.1, 0.15) is 47.4 Å². The molecule has 0 bridgehead atoms. The molecule has 11 heteroatoms. The predicted molar refractivity (Wildman–Crippen MR) is 167 cm³/mol. The van der Waals surface area contributed by atoms with Crippen molar-refractivity contribution >= 4 is 43.4 Å². The topological polar surface area (TPSA) is 35.6 Å². The Morgan fingerprint density at radius 1 is 1.07 bits per heavy atom. The van der Waals surface area contributed by atoms with Crippen LogP contribution < -0.4 is 10.2 Å². The average molecular weight is 652 g/mol. The minimum atomic E-state index is -4.47. The van der Waals surface area contributed by atoms with E-state index in [2.05, 4.69) is 16.8 Å². The van der Waals surface area contributed by atoms with Crippen LogP contribution in [0.15, 0.2) is 72.7 Å². The fraction of sp³-hybridized carbons (Fsp3) is 0.344. The van der Waals surface area contributed by atoms with E-state index in [1.807, 2.05) is 18.0 Å². The summed E-state index contributed by atoms with van der Waals surface area (Å²) in [6, 6.07) is 15.0. The largest absolute Gasteiger partial charge is 0.416 e. The average Bonchev–Trinajstić information content (AvgIpc) is 2.97. The second-order valence-electron chi connectivity index (χ2n) is 11.1. The second-order valence-corrected chi connectivity index (χ2v) is 13.7. The molecule has 3 aromatic rings. The van der Waals surface area contributed by atoms with Gasteiger partial charge in [0.15, 0.2) is 0 Å². The van der Waals surface area contributed by atoms with Gasteiger partial charge in [-0.15, -0.1) is 0 Å². The Hall–Kier alpha value is -2.64. The normalized spacial score (nSPS) is 18.1. The quantitative estimate of drug-likeness (QED) is 0.205. The van der Waals surface area contributed by atoms with Gasteiger partial charge in [-0.3, -0.25) is 4.79 Å². The van der Waals surface area contributed by atoms with Gasteiger partial charge in [0.2, 0.25) is 5.91 Å². The molecule has 1 N–H and O–H groups in total. The maximum atomic E-state index is 14.3. The third-order valence-electron chi connectivity index (χ3n) is 8.45. The summed E-state index contributed by atoms with van der Waals surface area (Å²) in [5.41, 5.74) is 3.34. The number of nitrogens with zero attached hydrogens (tertiary/aromatic N) is 2. The van der Waals surface area contributed by atoms with Crippen molar-refractivity contribution in [2.24, 2.45) is 0 Å². The second kappa shape index (κ2) is 12.8. The summed E-state index contributed by atoms with van der Waals surface area (Å²) in [4.78, 5) is 17.8. The van der Waals surface area contributed by atoms with Crippen molar-refractivity contribution in [3.63, 3.8) is 0 Å². The molecule has 1 spiro atoms. The molecule has 2 aliphatic rings. The van der Waals surface area contributed by atoms with Crippen LogP contribution in [0.3, 0.4) is 0 Å². The molecule has 1 fully saturated rings. The highest BCUT2D eigenvalue weighted by Crippen LogP contribution is 2.59.